The molecule has 0 aliphatic rings. The topological polar surface area (TPSA) is 84.9 Å². The number of Topliss-reactive ketones (excluding diaryl/α,β-unsaturated/α-hetero) is 1. The van der Waals surface area contributed by atoms with Gasteiger partial charge < -0.3 is 9.72 Å². The summed E-state index contributed by atoms with van der Waals surface area (Å²) in [4.78, 5) is 36.3. The lowest BCUT2D eigenvalue weighted by Crippen LogP contribution is -2.15. The number of fused-ring (bicyclic) bond motifs is 1. The van der Waals surface area contributed by atoms with Gasteiger partial charge in [0, 0.05) is 5.69 Å². The van der Waals surface area contributed by atoms with E-state index >= 15 is 0 Å². The van der Waals surface area contributed by atoms with E-state index in [4.69, 9.17) is 4.74 Å². The zero-order valence-electron chi connectivity index (χ0n) is 14.2. The molecule has 0 aliphatic heterocycles. The Morgan fingerprint density at radius 2 is 2.08 bits per heavy atom. The molecule has 1 unspecified atom stereocenters. The van der Waals surface area contributed by atoms with E-state index in [0.29, 0.717) is 22.5 Å². The average Bonchev–Trinajstić information content (AvgIpc) is 3.18. The minimum Gasteiger partial charge on any atom is -0.465 e. The highest BCUT2D eigenvalue weighted by Crippen LogP contribution is 2.33. The number of aromatic nitrogens is 3. The maximum Gasteiger partial charge on any atom is 0.339 e. The minimum atomic E-state index is -0.443. The molecule has 0 saturated carbocycles. The van der Waals surface area contributed by atoms with Gasteiger partial charge in [-0.05, 0) is 37.8 Å². The van der Waals surface area contributed by atoms with Gasteiger partial charge >= 0.3 is 5.97 Å². The summed E-state index contributed by atoms with van der Waals surface area (Å²) in [5, 5.41) is 2.38. The van der Waals surface area contributed by atoms with E-state index in [1.165, 1.54) is 25.2 Å². The number of methoxy groups -OCH3 is 1. The number of carbonyl (C=O) groups excluding carboxylic acids is 2. The Morgan fingerprint density at radius 1 is 1.32 bits per heavy atom. The number of nitrogens with zero attached hydrogens (tertiary/aromatic N) is 2. The van der Waals surface area contributed by atoms with Crippen LogP contribution in [0.15, 0.2) is 22.8 Å². The van der Waals surface area contributed by atoms with Crippen LogP contribution in [0, 0.1) is 13.8 Å². The van der Waals surface area contributed by atoms with Gasteiger partial charge in [0.2, 0.25) is 0 Å². The first-order chi connectivity index (χ1) is 11.9. The standard InChI is InChI=1S/C17H17N3O3S2/c1-8-12(17(22)23-4)9(2)20-13(8)14(21)10(3)25-16-15-11(5-6-24-15)18-7-19-16/h5-7,10,20H,1-4H3. The number of hydrogen-bond donors (Lipinski definition) is 1. The van der Waals surface area contributed by atoms with Crippen molar-refractivity contribution >= 4 is 45.1 Å². The molecule has 8 heteroatoms. The van der Waals surface area contributed by atoms with E-state index in [-0.39, 0.29) is 11.0 Å². The van der Waals surface area contributed by atoms with Crippen LogP contribution in [-0.4, -0.2) is 39.1 Å². The van der Waals surface area contributed by atoms with Crippen molar-refractivity contribution < 1.29 is 14.3 Å². The van der Waals surface area contributed by atoms with E-state index in [1.54, 1.807) is 25.2 Å². The van der Waals surface area contributed by atoms with Crippen molar-refractivity contribution in [3.63, 3.8) is 0 Å². The van der Waals surface area contributed by atoms with Crippen LogP contribution in [0.4, 0.5) is 0 Å². The summed E-state index contributed by atoms with van der Waals surface area (Å²) in [6.07, 6.45) is 1.51. The van der Waals surface area contributed by atoms with Crippen LogP contribution < -0.4 is 0 Å². The van der Waals surface area contributed by atoms with Crippen molar-refractivity contribution in [2.75, 3.05) is 7.11 Å². The zero-order valence-corrected chi connectivity index (χ0v) is 15.9. The normalized spacial score (nSPS) is 12.3. The molecular formula is C17H17N3O3S2. The van der Waals surface area contributed by atoms with Crippen LogP contribution in [0.5, 0.6) is 0 Å². The maximum absolute atomic E-state index is 12.9. The number of rotatable bonds is 5. The molecular weight excluding hydrogens is 358 g/mol. The van der Waals surface area contributed by atoms with Gasteiger partial charge in [-0.2, -0.15) is 0 Å². The Morgan fingerprint density at radius 3 is 2.80 bits per heavy atom. The smallest absolute Gasteiger partial charge is 0.339 e. The van der Waals surface area contributed by atoms with Gasteiger partial charge in [-0.15, -0.1) is 11.3 Å². The summed E-state index contributed by atoms with van der Waals surface area (Å²) in [6.45, 7) is 5.35. The van der Waals surface area contributed by atoms with Crippen molar-refractivity contribution in [2.24, 2.45) is 0 Å². The number of carbonyl (C=O) groups is 2. The molecule has 3 aromatic heterocycles. The number of hydrogen-bond acceptors (Lipinski definition) is 7. The first kappa shape index (κ1) is 17.6. The summed E-state index contributed by atoms with van der Waals surface area (Å²) in [7, 11) is 1.33. The Hall–Kier alpha value is -2.19. The highest BCUT2D eigenvalue weighted by atomic mass is 32.2. The lowest BCUT2D eigenvalue weighted by Gasteiger charge is -2.10. The zero-order chi connectivity index (χ0) is 18.1. The number of ether oxygens (including phenoxy) is 1. The number of nitrogens with one attached hydrogen (secondary N) is 1. The van der Waals surface area contributed by atoms with Gasteiger partial charge in [-0.1, -0.05) is 11.8 Å². The number of ketones is 1. The number of aromatic amines is 1. The fourth-order valence-electron chi connectivity index (χ4n) is 2.68. The van der Waals surface area contributed by atoms with Crippen LogP contribution in [0.1, 0.15) is 39.0 Å². The van der Waals surface area contributed by atoms with Crippen molar-refractivity contribution in [1.29, 1.82) is 0 Å². The van der Waals surface area contributed by atoms with Crippen LogP contribution in [0.2, 0.25) is 0 Å². The number of esters is 1. The van der Waals surface area contributed by atoms with Crippen LogP contribution in [0.3, 0.4) is 0 Å². The Kier molecular flexibility index (Phi) is 4.91. The Bertz CT molecular complexity index is 961. The van der Waals surface area contributed by atoms with Crippen LogP contribution >= 0.6 is 23.1 Å². The molecule has 6 nitrogen and oxygen atoms in total. The summed E-state index contributed by atoms with van der Waals surface area (Å²) in [5.74, 6) is -0.522. The molecule has 0 fully saturated rings. The molecule has 0 spiro atoms. The Balaban J connectivity index is 1.88. The van der Waals surface area contributed by atoms with Gasteiger partial charge in [-0.3, -0.25) is 4.79 Å². The van der Waals surface area contributed by atoms with Crippen LogP contribution in [0.25, 0.3) is 10.2 Å². The molecule has 1 N–H and O–H groups in total. The second-order valence-corrected chi connectivity index (χ2v) is 7.80. The predicted molar refractivity (Wildman–Crippen MR) is 98.7 cm³/mol. The van der Waals surface area contributed by atoms with Crippen molar-refractivity contribution in [3.8, 4) is 0 Å². The number of aryl methyl sites for hydroxylation is 1. The first-order valence-electron chi connectivity index (χ1n) is 7.60. The fraction of sp³-hybridized carbons (Fsp3) is 0.294. The Labute approximate surface area is 153 Å². The van der Waals surface area contributed by atoms with Crippen molar-refractivity contribution in [1.82, 2.24) is 15.0 Å². The van der Waals surface area contributed by atoms with Gasteiger partial charge in [0.15, 0.2) is 5.78 Å². The molecule has 3 heterocycles. The molecule has 0 aliphatic carbocycles. The van der Waals surface area contributed by atoms with Gasteiger partial charge in [0.05, 0.1) is 33.8 Å². The van der Waals surface area contributed by atoms with E-state index in [2.05, 4.69) is 15.0 Å². The fourth-order valence-corrected chi connectivity index (χ4v) is 4.58. The second-order valence-electron chi connectivity index (χ2n) is 5.55. The lowest BCUT2D eigenvalue weighted by atomic mass is 10.1. The largest absolute Gasteiger partial charge is 0.465 e. The van der Waals surface area contributed by atoms with Gasteiger partial charge in [0.25, 0.3) is 0 Å². The van der Waals surface area contributed by atoms with E-state index in [1.807, 2.05) is 18.4 Å². The van der Waals surface area contributed by atoms with Crippen molar-refractivity contribution in [2.45, 2.75) is 31.0 Å². The number of thiophene rings is 1. The second kappa shape index (κ2) is 6.97. The molecule has 0 amide bonds. The average molecular weight is 375 g/mol. The van der Waals surface area contributed by atoms with Gasteiger partial charge in [0.1, 0.15) is 11.4 Å². The molecule has 0 saturated heterocycles. The van der Waals surface area contributed by atoms with Gasteiger partial charge in [-0.25, -0.2) is 14.8 Å². The summed E-state index contributed by atoms with van der Waals surface area (Å²) < 4.78 is 5.77. The lowest BCUT2D eigenvalue weighted by molar-refractivity contribution is 0.0599. The number of thioether (sulfide) groups is 1. The molecule has 25 heavy (non-hydrogen) atoms. The van der Waals surface area contributed by atoms with E-state index < -0.39 is 5.97 Å². The minimum absolute atomic E-state index is 0.0796. The third-order valence-corrected chi connectivity index (χ3v) is 6.08. The third kappa shape index (κ3) is 3.19. The highest BCUT2D eigenvalue weighted by molar-refractivity contribution is 8.00. The monoisotopic (exact) mass is 375 g/mol. The SMILES string of the molecule is COC(=O)c1c(C)[nH]c(C(=O)C(C)Sc2ncnc3ccsc23)c1C. The van der Waals surface area contributed by atoms with Crippen LogP contribution in [-0.2, 0) is 4.74 Å². The molecule has 3 aromatic rings. The maximum atomic E-state index is 12.9. The quantitative estimate of drug-likeness (QED) is 0.316. The molecule has 1 atom stereocenters. The predicted octanol–water partition coefficient (Wildman–Crippen LogP) is 3.79. The first-order valence-corrected chi connectivity index (χ1v) is 9.36. The summed E-state index contributed by atoms with van der Waals surface area (Å²) in [6, 6.07) is 1.93. The molecule has 0 aromatic carbocycles. The third-order valence-electron chi connectivity index (χ3n) is 3.94. The molecule has 3 rings (SSSR count). The molecule has 0 bridgehead atoms. The van der Waals surface area contributed by atoms with E-state index in [0.717, 1.165) is 15.2 Å². The highest BCUT2D eigenvalue weighted by Gasteiger charge is 2.26. The van der Waals surface area contributed by atoms with Crippen molar-refractivity contribution in [3.05, 3.63) is 40.3 Å². The van der Waals surface area contributed by atoms with E-state index in [9.17, 15) is 9.59 Å². The molecule has 130 valence electrons. The number of H-pyrrole nitrogens is 1. The summed E-state index contributed by atoms with van der Waals surface area (Å²) >= 11 is 2.95. The summed E-state index contributed by atoms with van der Waals surface area (Å²) in [5.41, 5.74) is 2.99. The molecule has 0 radical (unpaired) electrons.